The van der Waals surface area contributed by atoms with Crippen molar-refractivity contribution in [3.8, 4) is 11.5 Å². The molecular formula is C28H28F2N10O2. The number of piperazine rings is 1. The van der Waals surface area contributed by atoms with Crippen molar-refractivity contribution < 1.29 is 18.3 Å². The molecule has 14 heteroatoms. The number of anilines is 3. The highest BCUT2D eigenvalue weighted by Gasteiger charge is 2.24. The van der Waals surface area contributed by atoms with Gasteiger partial charge in [-0.3, -0.25) is 9.18 Å². The molecule has 0 unspecified atom stereocenters. The number of carbonyl (C=O) groups excluding carboxylic acids is 1. The van der Waals surface area contributed by atoms with E-state index in [9.17, 15) is 13.6 Å². The fourth-order valence-electron chi connectivity index (χ4n) is 4.56. The van der Waals surface area contributed by atoms with Gasteiger partial charge in [0.15, 0.2) is 11.6 Å². The fraction of sp³-hybridized carbons (Fsp3) is 0.250. The van der Waals surface area contributed by atoms with E-state index in [2.05, 4.69) is 37.2 Å². The van der Waals surface area contributed by atoms with Gasteiger partial charge in [-0.25, -0.2) is 29.0 Å². The van der Waals surface area contributed by atoms with Crippen LogP contribution in [0.15, 0.2) is 61.3 Å². The maximum absolute atomic E-state index is 13.2. The molecule has 1 saturated heterocycles. The number of alkyl halides is 1. The molecule has 2 aromatic carbocycles. The SMILES string of the molecule is C=C(F)C(=O)N1CCN(c2ncc3ncnc(Nc4ccc(Oc5ccc6c(c5)nnn6C)c(C)c4)c3n2)CC1.CF. The summed E-state index contributed by atoms with van der Waals surface area (Å²) in [4.78, 5) is 33.1. The van der Waals surface area contributed by atoms with Crippen LogP contribution in [0.25, 0.3) is 22.1 Å². The van der Waals surface area contributed by atoms with Crippen molar-refractivity contribution in [1.82, 2.24) is 39.8 Å². The van der Waals surface area contributed by atoms with E-state index in [-0.39, 0.29) is 0 Å². The Kier molecular flexibility index (Phi) is 8.13. The van der Waals surface area contributed by atoms with E-state index in [1.165, 1.54) is 11.2 Å². The lowest BCUT2D eigenvalue weighted by molar-refractivity contribution is -0.128. The van der Waals surface area contributed by atoms with E-state index < -0.39 is 11.7 Å². The van der Waals surface area contributed by atoms with Crippen LogP contribution in [-0.4, -0.2) is 79.1 Å². The Morgan fingerprint density at radius 3 is 2.55 bits per heavy atom. The average molecular weight is 575 g/mol. The number of carbonyl (C=O) groups is 1. The van der Waals surface area contributed by atoms with Gasteiger partial charge in [-0.15, -0.1) is 5.10 Å². The van der Waals surface area contributed by atoms with E-state index >= 15 is 0 Å². The summed E-state index contributed by atoms with van der Waals surface area (Å²) in [7, 11) is 2.34. The van der Waals surface area contributed by atoms with Crippen LogP contribution in [-0.2, 0) is 11.8 Å². The Balaban J connectivity index is 0.00000173. The van der Waals surface area contributed by atoms with Gasteiger partial charge in [-0.1, -0.05) is 11.8 Å². The molecule has 0 bridgehead atoms. The van der Waals surface area contributed by atoms with E-state index in [1.54, 1.807) is 10.9 Å². The molecule has 5 aromatic rings. The molecule has 42 heavy (non-hydrogen) atoms. The molecule has 1 fully saturated rings. The summed E-state index contributed by atoms with van der Waals surface area (Å²) in [6.07, 6.45) is 3.09. The number of amides is 1. The first-order valence-corrected chi connectivity index (χ1v) is 12.9. The Morgan fingerprint density at radius 2 is 1.81 bits per heavy atom. The van der Waals surface area contributed by atoms with Crippen molar-refractivity contribution in [2.75, 3.05) is 43.6 Å². The molecule has 0 saturated carbocycles. The number of benzene rings is 2. The second-order valence-corrected chi connectivity index (χ2v) is 9.38. The predicted octanol–water partition coefficient (Wildman–Crippen LogP) is 4.26. The van der Waals surface area contributed by atoms with Crippen molar-refractivity contribution in [2.45, 2.75) is 6.92 Å². The van der Waals surface area contributed by atoms with Crippen LogP contribution in [0.5, 0.6) is 11.5 Å². The van der Waals surface area contributed by atoms with E-state index in [1.807, 2.05) is 55.3 Å². The highest BCUT2D eigenvalue weighted by molar-refractivity contribution is 5.91. The van der Waals surface area contributed by atoms with Crippen LogP contribution in [0, 0.1) is 6.92 Å². The molecule has 216 valence electrons. The number of rotatable bonds is 6. The van der Waals surface area contributed by atoms with Gasteiger partial charge in [-0.05, 0) is 42.8 Å². The number of nitrogens with zero attached hydrogens (tertiary/aromatic N) is 9. The van der Waals surface area contributed by atoms with Crippen LogP contribution in [0.1, 0.15) is 5.56 Å². The molecule has 1 amide bonds. The zero-order valence-corrected chi connectivity index (χ0v) is 23.3. The first kappa shape index (κ1) is 28.3. The first-order chi connectivity index (χ1) is 20.4. The molecule has 4 heterocycles. The van der Waals surface area contributed by atoms with Crippen LogP contribution in [0.2, 0.25) is 0 Å². The van der Waals surface area contributed by atoms with Gasteiger partial charge in [0.1, 0.15) is 34.4 Å². The van der Waals surface area contributed by atoms with E-state index in [0.717, 1.165) is 22.3 Å². The third-order valence-corrected chi connectivity index (χ3v) is 6.69. The number of aryl methyl sites for hydroxylation is 2. The molecule has 6 rings (SSSR count). The third-order valence-electron chi connectivity index (χ3n) is 6.69. The van der Waals surface area contributed by atoms with Gasteiger partial charge >= 0.3 is 0 Å². The smallest absolute Gasteiger partial charge is 0.282 e. The lowest BCUT2D eigenvalue weighted by atomic mass is 10.2. The summed E-state index contributed by atoms with van der Waals surface area (Å²) in [6.45, 7) is 6.68. The Bertz CT molecular complexity index is 1770. The van der Waals surface area contributed by atoms with Crippen molar-refractivity contribution in [1.29, 1.82) is 0 Å². The summed E-state index contributed by atoms with van der Waals surface area (Å²) in [6, 6.07) is 11.4. The van der Waals surface area contributed by atoms with Crippen LogP contribution in [0.3, 0.4) is 0 Å². The van der Waals surface area contributed by atoms with Gasteiger partial charge in [0.25, 0.3) is 5.91 Å². The predicted molar refractivity (Wildman–Crippen MR) is 154 cm³/mol. The summed E-state index contributed by atoms with van der Waals surface area (Å²) >= 11 is 0. The van der Waals surface area contributed by atoms with Gasteiger partial charge in [0.2, 0.25) is 5.95 Å². The average Bonchev–Trinajstić information content (AvgIpc) is 3.38. The van der Waals surface area contributed by atoms with Crippen molar-refractivity contribution in [3.63, 3.8) is 0 Å². The maximum Gasteiger partial charge on any atom is 0.282 e. The van der Waals surface area contributed by atoms with Gasteiger partial charge in [0.05, 0.1) is 18.9 Å². The summed E-state index contributed by atoms with van der Waals surface area (Å²) < 4.78 is 30.6. The van der Waals surface area contributed by atoms with Crippen LogP contribution < -0.4 is 15.0 Å². The number of aromatic nitrogens is 7. The van der Waals surface area contributed by atoms with Gasteiger partial charge < -0.3 is 19.9 Å². The molecule has 3 aromatic heterocycles. The molecule has 1 aliphatic heterocycles. The largest absolute Gasteiger partial charge is 0.457 e. The van der Waals surface area contributed by atoms with Crippen molar-refractivity contribution in [3.05, 3.63) is 66.9 Å². The number of hydrogen-bond acceptors (Lipinski definition) is 10. The Hall–Kier alpha value is -5.27. The molecule has 1 aliphatic rings. The molecule has 0 atom stereocenters. The number of halogens is 2. The lowest BCUT2D eigenvalue weighted by Crippen LogP contribution is -2.49. The summed E-state index contributed by atoms with van der Waals surface area (Å²) in [5, 5.41) is 11.5. The highest BCUT2D eigenvalue weighted by Crippen LogP contribution is 2.31. The monoisotopic (exact) mass is 574 g/mol. The van der Waals surface area contributed by atoms with Crippen LogP contribution >= 0.6 is 0 Å². The molecule has 0 radical (unpaired) electrons. The van der Waals surface area contributed by atoms with Gasteiger partial charge in [0, 0.05) is 45.0 Å². The Labute approximate surface area is 239 Å². The minimum Gasteiger partial charge on any atom is -0.457 e. The van der Waals surface area contributed by atoms with E-state index in [4.69, 9.17) is 9.72 Å². The summed E-state index contributed by atoms with van der Waals surface area (Å²) in [5.74, 6) is 0.746. The molecule has 0 aliphatic carbocycles. The molecule has 12 nitrogen and oxygen atoms in total. The molecule has 0 spiro atoms. The number of fused-ring (bicyclic) bond motifs is 2. The number of ether oxygens (including phenoxy) is 1. The maximum atomic E-state index is 13.2. The molecule has 1 N–H and O–H groups in total. The quantitative estimate of drug-likeness (QED) is 0.294. The van der Waals surface area contributed by atoms with Crippen molar-refractivity contribution >= 4 is 45.4 Å². The minimum absolute atomic E-state index is 0.347. The lowest BCUT2D eigenvalue weighted by Gasteiger charge is -2.34. The molecular weight excluding hydrogens is 546 g/mol. The minimum atomic E-state index is -0.957. The van der Waals surface area contributed by atoms with E-state index in [0.29, 0.717) is 67.7 Å². The Morgan fingerprint density at radius 1 is 1.02 bits per heavy atom. The fourth-order valence-corrected chi connectivity index (χ4v) is 4.56. The normalized spacial score (nSPS) is 13.1. The zero-order valence-electron chi connectivity index (χ0n) is 23.3. The standard InChI is InChI=1S/C27H25FN10O2.CH3F/c1-16-12-18(4-7-23(16)40-19-5-6-22-20(13-19)34-35-36(22)3)32-25-24-21(30-15-31-25)14-29-27(33-24)38-10-8-37(9-11-38)26(39)17(2)28;1-2/h4-7,12-15H,2,8-11H2,1,3H3,(H,30,31,32);1H3. The number of nitrogens with one attached hydrogen (secondary N) is 1. The first-order valence-electron chi connectivity index (χ1n) is 12.9. The van der Waals surface area contributed by atoms with Crippen LogP contribution in [0.4, 0.5) is 26.2 Å². The third kappa shape index (κ3) is 5.77. The summed E-state index contributed by atoms with van der Waals surface area (Å²) in [5.41, 5.74) is 4.54. The highest BCUT2D eigenvalue weighted by atomic mass is 19.1. The van der Waals surface area contributed by atoms with Gasteiger partial charge in [-0.2, -0.15) is 0 Å². The van der Waals surface area contributed by atoms with Crippen molar-refractivity contribution in [2.24, 2.45) is 7.05 Å². The second kappa shape index (κ2) is 12.1. The zero-order chi connectivity index (χ0) is 29.8. The number of hydrogen-bond donors (Lipinski definition) is 1. The second-order valence-electron chi connectivity index (χ2n) is 9.38. The topological polar surface area (TPSA) is 127 Å².